The lowest BCUT2D eigenvalue weighted by atomic mass is 9.93. The monoisotopic (exact) mass is 237 g/mol. The number of rotatable bonds is 5. The van der Waals surface area contributed by atoms with Gasteiger partial charge in [-0.3, -0.25) is 4.68 Å². The Balaban J connectivity index is 1.67. The lowest BCUT2D eigenvalue weighted by Gasteiger charge is -2.28. The molecule has 1 atom stereocenters. The smallest absolute Gasteiger partial charge is 0.0522 e. The second kappa shape index (κ2) is 6.17. The fourth-order valence-corrected chi connectivity index (χ4v) is 2.43. The zero-order valence-corrected chi connectivity index (χ0v) is 10.9. The lowest BCUT2D eigenvalue weighted by Crippen LogP contribution is -2.37. The van der Waals surface area contributed by atoms with Crippen LogP contribution in [0.15, 0.2) is 12.4 Å². The molecule has 1 aromatic rings. The van der Waals surface area contributed by atoms with Gasteiger partial charge < -0.3 is 10.1 Å². The molecule has 0 aliphatic carbocycles. The van der Waals surface area contributed by atoms with E-state index in [2.05, 4.69) is 23.5 Å². The summed E-state index contributed by atoms with van der Waals surface area (Å²) < 4.78 is 7.25. The minimum Gasteiger partial charge on any atom is -0.381 e. The van der Waals surface area contributed by atoms with Crippen molar-refractivity contribution in [3.05, 3.63) is 18.0 Å². The fraction of sp³-hybridized carbons (Fsp3) is 0.769. The molecule has 1 unspecified atom stereocenters. The first-order chi connectivity index (χ1) is 8.25. The van der Waals surface area contributed by atoms with E-state index in [-0.39, 0.29) is 0 Å². The van der Waals surface area contributed by atoms with Crippen molar-refractivity contribution in [1.29, 1.82) is 0 Å². The molecule has 0 spiro atoms. The number of hydrogen-bond donors (Lipinski definition) is 1. The molecule has 1 fully saturated rings. The highest BCUT2D eigenvalue weighted by Crippen LogP contribution is 2.18. The minimum absolute atomic E-state index is 0.593. The Morgan fingerprint density at radius 3 is 2.94 bits per heavy atom. The van der Waals surface area contributed by atoms with Gasteiger partial charge in [-0.15, -0.1) is 0 Å². The number of hydrogen-bond acceptors (Lipinski definition) is 3. The molecule has 0 amide bonds. The molecule has 1 aliphatic heterocycles. The van der Waals surface area contributed by atoms with Crippen LogP contribution in [0.25, 0.3) is 0 Å². The van der Waals surface area contributed by atoms with Gasteiger partial charge in [0.2, 0.25) is 0 Å². The molecule has 96 valence electrons. The molecule has 0 bridgehead atoms. The average molecular weight is 237 g/mol. The van der Waals surface area contributed by atoms with Gasteiger partial charge in [0.15, 0.2) is 0 Å². The van der Waals surface area contributed by atoms with Gasteiger partial charge in [0, 0.05) is 32.5 Å². The molecule has 1 aromatic heterocycles. The highest BCUT2D eigenvalue weighted by molar-refractivity contribution is 5.03. The first kappa shape index (κ1) is 12.6. The van der Waals surface area contributed by atoms with Crippen LogP contribution in [0.5, 0.6) is 0 Å². The summed E-state index contributed by atoms with van der Waals surface area (Å²) in [5, 5.41) is 7.79. The molecule has 1 saturated heterocycles. The standard InChI is InChI=1S/C13H23N3O/c1-11(13-4-7-17-8-5-13)14-6-3-12-9-15-16(2)10-12/h9-11,13-14H,3-8H2,1-2H3. The Bertz CT molecular complexity index is 331. The van der Waals surface area contributed by atoms with Gasteiger partial charge in [-0.25, -0.2) is 0 Å². The summed E-state index contributed by atoms with van der Waals surface area (Å²) in [6, 6.07) is 0.593. The summed E-state index contributed by atoms with van der Waals surface area (Å²) in [6.07, 6.45) is 7.48. The zero-order chi connectivity index (χ0) is 12.1. The van der Waals surface area contributed by atoms with Crippen molar-refractivity contribution in [2.24, 2.45) is 13.0 Å². The Hall–Kier alpha value is -0.870. The van der Waals surface area contributed by atoms with Gasteiger partial charge in [-0.1, -0.05) is 0 Å². The summed E-state index contributed by atoms with van der Waals surface area (Å²) in [7, 11) is 1.96. The van der Waals surface area contributed by atoms with E-state index in [0.29, 0.717) is 6.04 Å². The van der Waals surface area contributed by atoms with E-state index < -0.39 is 0 Å². The SMILES string of the molecule is CC(NCCc1cnn(C)c1)C1CCOCC1. The molecule has 0 radical (unpaired) electrons. The predicted molar refractivity (Wildman–Crippen MR) is 67.9 cm³/mol. The van der Waals surface area contributed by atoms with Gasteiger partial charge in [-0.05, 0) is 44.2 Å². The largest absolute Gasteiger partial charge is 0.381 e. The number of ether oxygens (including phenoxy) is 1. The molecule has 1 N–H and O–H groups in total. The summed E-state index contributed by atoms with van der Waals surface area (Å²) >= 11 is 0. The molecule has 4 nitrogen and oxygen atoms in total. The molecule has 2 heterocycles. The van der Waals surface area contributed by atoms with E-state index in [9.17, 15) is 0 Å². The average Bonchev–Trinajstić information content (AvgIpc) is 2.76. The molecule has 4 heteroatoms. The topological polar surface area (TPSA) is 39.1 Å². The number of nitrogens with one attached hydrogen (secondary N) is 1. The van der Waals surface area contributed by atoms with Gasteiger partial charge in [-0.2, -0.15) is 5.10 Å². The molecular weight excluding hydrogens is 214 g/mol. The van der Waals surface area contributed by atoms with Crippen molar-refractivity contribution in [3.8, 4) is 0 Å². The van der Waals surface area contributed by atoms with Crippen molar-refractivity contribution in [2.75, 3.05) is 19.8 Å². The van der Waals surface area contributed by atoms with Crippen LogP contribution in [0.4, 0.5) is 0 Å². The maximum absolute atomic E-state index is 5.39. The highest BCUT2D eigenvalue weighted by Gasteiger charge is 2.19. The number of aryl methyl sites for hydroxylation is 1. The number of nitrogens with zero attached hydrogens (tertiary/aromatic N) is 2. The fourth-order valence-electron chi connectivity index (χ4n) is 2.43. The van der Waals surface area contributed by atoms with Crippen LogP contribution in [0.2, 0.25) is 0 Å². The Morgan fingerprint density at radius 1 is 1.53 bits per heavy atom. The second-order valence-electron chi connectivity index (χ2n) is 4.96. The van der Waals surface area contributed by atoms with Crippen LogP contribution >= 0.6 is 0 Å². The van der Waals surface area contributed by atoms with E-state index in [1.165, 1.54) is 18.4 Å². The molecule has 17 heavy (non-hydrogen) atoms. The van der Waals surface area contributed by atoms with Crippen molar-refractivity contribution in [2.45, 2.75) is 32.2 Å². The maximum atomic E-state index is 5.39. The van der Waals surface area contributed by atoms with Crippen molar-refractivity contribution >= 4 is 0 Å². The van der Waals surface area contributed by atoms with Crippen LogP contribution < -0.4 is 5.32 Å². The van der Waals surface area contributed by atoms with E-state index in [4.69, 9.17) is 4.74 Å². The van der Waals surface area contributed by atoms with E-state index in [1.807, 2.05) is 17.9 Å². The molecular formula is C13H23N3O. The van der Waals surface area contributed by atoms with Crippen LogP contribution in [0.1, 0.15) is 25.3 Å². The van der Waals surface area contributed by atoms with Crippen molar-refractivity contribution < 1.29 is 4.74 Å². The van der Waals surface area contributed by atoms with Crippen LogP contribution in [0, 0.1) is 5.92 Å². The first-order valence-corrected chi connectivity index (χ1v) is 6.54. The van der Waals surface area contributed by atoms with Gasteiger partial charge >= 0.3 is 0 Å². The normalized spacial score (nSPS) is 19.4. The van der Waals surface area contributed by atoms with Crippen LogP contribution in [-0.2, 0) is 18.2 Å². The number of aromatic nitrogens is 2. The van der Waals surface area contributed by atoms with Gasteiger partial charge in [0.05, 0.1) is 6.20 Å². The maximum Gasteiger partial charge on any atom is 0.0522 e. The molecule has 0 aromatic carbocycles. The van der Waals surface area contributed by atoms with E-state index in [0.717, 1.165) is 32.1 Å². The van der Waals surface area contributed by atoms with Gasteiger partial charge in [0.1, 0.15) is 0 Å². The quantitative estimate of drug-likeness (QED) is 0.840. The molecule has 1 aliphatic rings. The molecule has 2 rings (SSSR count). The highest BCUT2D eigenvalue weighted by atomic mass is 16.5. The summed E-state index contributed by atoms with van der Waals surface area (Å²) in [5.41, 5.74) is 1.30. The third kappa shape index (κ3) is 3.82. The molecule has 0 saturated carbocycles. The van der Waals surface area contributed by atoms with E-state index >= 15 is 0 Å². The third-order valence-corrected chi connectivity index (χ3v) is 3.61. The first-order valence-electron chi connectivity index (χ1n) is 6.54. The Labute approximate surface area is 103 Å². The third-order valence-electron chi connectivity index (χ3n) is 3.61. The Kier molecular flexibility index (Phi) is 4.57. The predicted octanol–water partition coefficient (Wildman–Crippen LogP) is 1.37. The van der Waals surface area contributed by atoms with Gasteiger partial charge in [0.25, 0.3) is 0 Å². The van der Waals surface area contributed by atoms with E-state index in [1.54, 1.807) is 0 Å². The van der Waals surface area contributed by atoms with Crippen LogP contribution in [0.3, 0.4) is 0 Å². The lowest BCUT2D eigenvalue weighted by molar-refractivity contribution is 0.0561. The summed E-state index contributed by atoms with van der Waals surface area (Å²) in [4.78, 5) is 0. The van der Waals surface area contributed by atoms with Crippen LogP contribution in [-0.4, -0.2) is 35.6 Å². The zero-order valence-electron chi connectivity index (χ0n) is 10.9. The summed E-state index contributed by atoms with van der Waals surface area (Å²) in [5.74, 6) is 0.776. The minimum atomic E-state index is 0.593. The van der Waals surface area contributed by atoms with Crippen molar-refractivity contribution in [3.63, 3.8) is 0 Å². The van der Waals surface area contributed by atoms with Crippen molar-refractivity contribution in [1.82, 2.24) is 15.1 Å². The Morgan fingerprint density at radius 2 is 2.29 bits per heavy atom. The second-order valence-corrected chi connectivity index (χ2v) is 4.96. The summed E-state index contributed by atoms with van der Waals surface area (Å²) in [6.45, 7) is 5.18.